The Morgan fingerprint density at radius 1 is 1.27 bits per heavy atom. The first kappa shape index (κ1) is 22.1. The lowest BCUT2D eigenvalue weighted by molar-refractivity contribution is 0.0163. The molecule has 1 aliphatic heterocycles. The number of amides is 1. The van der Waals surface area contributed by atoms with Crippen LogP contribution >= 0.6 is 11.3 Å². The van der Waals surface area contributed by atoms with Gasteiger partial charge in [0, 0.05) is 35.6 Å². The van der Waals surface area contributed by atoms with Crippen molar-refractivity contribution in [1.29, 1.82) is 0 Å². The number of Topliss-reactive ketones (excluding diaryl/α,β-unsaturated/α-hetero) is 1. The maximum Gasteiger partial charge on any atom is 0.410 e. The van der Waals surface area contributed by atoms with E-state index in [4.69, 9.17) is 9.72 Å². The molecule has 0 spiro atoms. The van der Waals surface area contributed by atoms with Crippen molar-refractivity contribution in [3.05, 3.63) is 46.2 Å². The van der Waals surface area contributed by atoms with Gasteiger partial charge in [-0.05, 0) is 70.6 Å². The molecule has 0 N–H and O–H groups in total. The molecule has 0 radical (unpaired) electrons. The summed E-state index contributed by atoms with van der Waals surface area (Å²) in [7, 11) is 0. The zero-order valence-corrected chi connectivity index (χ0v) is 20.4. The maximum absolute atomic E-state index is 12.6. The van der Waals surface area contributed by atoms with Gasteiger partial charge in [0.25, 0.3) is 0 Å². The Morgan fingerprint density at radius 3 is 2.79 bits per heavy atom. The van der Waals surface area contributed by atoms with Crippen molar-refractivity contribution >= 4 is 34.2 Å². The van der Waals surface area contributed by atoms with Gasteiger partial charge in [-0.3, -0.25) is 9.78 Å². The summed E-state index contributed by atoms with van der Waals surface area (Å²) in [5.74, 6) is 2.08. The lowest BCUT2D eigenvalue weighted by atomic mass is 9.92. The van der Waals surface area contributed by atoms with E-state index in [0.29, 0.717) is 23.9 Å². The molecule has 33 heavy (non-hydrogen) atoms. The second-order valence-corrected chi connectivity index (χ2v) is 11.2. The van der Waals surface area contributed by atoms with Crippen LogP contribution in [0.4, 0.5) is 4.79 Å². The average Bonchev–Trinajstić information content (AvgIpc) is 3.24. The molecule has 7 nitrogen and oxygen atoms in total. The molecule has 2 aliphatic rings. The number of likely N-dealkylation sites (tertiary alicyclic amines) is 1. The molecule has 5 rings (SSSR count). The average molecular weight is 467 g/mol. The number of rotatable bonds is 5. The Bertz CT molecular complexity index is 1190. The molecule has 1 saturated carbocycles. The highest BCUT2D eigenvalue weighted by atomic mass is 32.1. The van der Waals surface area contributed by atoms with Crippen molar-refractivity contribution in [3.63, 3.8) is 0 Å². The van der Waals surface area contributed by atoms with Crippen LogP contribution in [0.1, 0.15) is 61.6 Å². The molecule has 3 aromatic rings. The number of benzene rings is 1. The number of hydrogen-bond acceptors (Lipinski definition) is 6. The van der Waals surface area contributed by atoms with Crippen LogP contribution in [-0.4, -0.2) is 49.5 Å². The molecule has 1 saturated heterocycles. The topological polar surface area (TPSA) is 77.3 Å². The molecule has 8 heteroatoms. The van der Waals surface area contributed by atoms with Crippen LogP contribution in [0.5, 0.6) is 0 Å². The fourth-order valence-electron chi connectivity index (χ4n) is 4.99. The van der Waals surface area contributed by atoms with E-state index < -0.39 is 5.60 Å². The van der Waals surface area contributed by atoms with E-state index in [1.807, 2.05) is 55.6 Å². The molecule has 1 aromatic carbocycles. The molecule has 3 heterocycles. The number of fused-ring (bicyclic) bond motifs is 2. The van der Waals surface area contributed by atoms with Gasteiger partial charge in [-0.1, -0.05) is 0 Å². The summed E-state index contributed by atoms with van der Waals surface area (Å²) in [5, 5.41) is 0. The standard InChI is InChI=1S/C25H30N4O3S/c1-15(30)16-5-6-20-22(9-16)29(13-18-12-26-14-33-18)23(27-20)10-17-7-8-28(21-11-19(17)21)24(31)32-25(2,3)4/h5-6,9,12,14,17,19,21H,7-8,10-11,13H2,1-4H3. The number of nitrogens with zero attached hydrogens (tertiary/aromatic N) is 4. The molecule has 1 amide bonds. The number of hydrogen-bond donors (Lipinski definition) is 0. The molecule has 1 aliphatic carbocycles. The minimum Gasteiger partial charge on any atom is -0.444 e. The molecule has 2 fully saturated rings. The lowest BCUT2D eigenvalue weighted by Gasteiger charge is -2.33. The van der Waals surface area contributed by atoms with E-state index in [1.165, 1.54) is 0 Å². The smallest absolute Gasteiger partial charge is 0.410 e. The number of aromatic nitrogens is 3. The third kappa shape index (κ3) is 4.53. The third-order valence-corrected chi connectivity index (χ3v) is 7.42. The Kier molecular flexibility index (Phi) is 5.51. The second kappa shape index (κ2) is 8.24. The quantitative estimate of drug-likeness (QED) is 0.498. The molecular weight excluding hydrogens is 436 g/mol. The largest absolute Gasteiger partial charge is 0.444 e. The van der Waals surface area contributed by atoms with E-state index >= 15 is 0 Å². The van der Waals surface area contributed by atoms with Crippen LogP contribution in [0.15, 0.2) is 29.9 Å². The van der Waals surface area contributed by atoms with Crippen LogP contribution < -0.4 is 0 Å². The Hall–Kier alpha value is -2.74. The van der Waals surface area contributed by atoms with Crippen LogP contribution in [-0.2, 0) is 17.7 Å². The van der Waals surface area contributed by atoms with E-state index in [-0.39, 0.29) is 17.9 Å². The number of piperidine rings is 1. The van der Waals surface area contributed by atoms with E-state index in [9.17, 15) is 9.59 Å². The van der Waals surface area contributed by atoms with Gasteiger partial charge in [0.15, 0.2) is 5.78 Å². The minimum absolute atomic E-state index is 0.0549. The van der Waals surface area contributed by atoms with Crippen LogP contribution in [0.25, 0.3) is 11.0 Å². The highest BCUT2D eigenvalue weighted by Crippen LogP contribution is 2.48. The summed E-state index contributed by atoms with van der Waals surface area (Å²) in [5.41, 5.74) is 3.98. The van der Waals surface area contributed by atoms with Gasteiger partial charge in [-0.2, -0.15) is 0 Å². The van der Waals surface area contributed by atoms with Gasteiger partial charge in [0.2, 0.25) is 0 Å². The van der Waals surface area contributed by atoms with Gasteiger partial charge >= 0.3 is 6.09 Å². The van der Waals surface area contributed by atoms with Gasteiger partial charge < -0.3 is 14.2 Å². The van der Waals surface area contributed by atoms with Crippen LogP contribution in [0, 0.1) is 11.8 Å². The number of thiazole rings is 1. The molecule has 174 valence electrons. The first-order valence-corrected chi connectivity index (χ1v) is 12.4. The summed E-state index contributed by atoms with van der Waals surface area (Å²) >= 11 is 1.63. The summed E-state index contributed by atoms with van der Waals surface area (Å²) in [6.07, 6.45) is 4.55. The molecule has 0 bridgehead atoms. The first-order chi connectivity index (χ1) is 15.7. The molecular formula is C25H30N4O3S. The number of carbonyl (C=O) groups excluding carboxylic acids is 2. The van der Waals surface area contributed by atoms with Gasteiger partial charge in [-0.15, -0.1) is 11.3 Å². The van der Waals surface area contributed by atoms with Crippen molar-refractivity contribution < 1.29 is 14.3 Å². The van der Waals surface area contributed by atoms with Crippen molar-refractivity contribution in [2.75, 3.05) is 6.54 Å². The van der Waals surface area contributed by atoms with Gasteiger partial charge in [0.05, 0.1) is 23.1 Å². The van der Waals surface area contributed by atoms with Gasteiger partial charge in [0.1, 0.15) is 11.4 Å². The first-order valence-electron chi connectivity index (χ1n) is 11.6. The van der Waals surface area contributed by atoms with Crippen LogP contribution in [0.3, 0.4) is 0 Å². The third-order valence-electron chi connectivity index (χ3n) is 6.66. The molecule has 3 atom stereocenters. The SMILES string of the molecule is CC(=O)c1ccc2nc(CC3CCN(C(=O)OC(C)(C)C)C4CC34)n(Cc3cncs3)c2c1. The lowest BCUT2D eigenvalue weighted by Crippen LogP contribution is -2.43. The second-order valence-electron chi connectivity index (χ2n) is 10.2. The highest BCUT2D eigenvalue weighted by Gasteiger charge is 2.52. The number of ketones is 1. The number of ether oxygens (including phenoxy) is 1. The normalized spacial score (nSPS) is 22.3. The zero-order chi connectivity index (χ0) is 23.3. The summed E-state index contributed by atoms with van der Waals surface area (Å²) in [4.78, 5) is 36.9. The predicted octanol–water partition coefficient (Wildman–Crippen LogP) is 4.93. The van der Waals surface area contributed by atoms with E-state index in [0.717, 1.165) is 47.5 Å². The minimum atomic E-state index is -0.474. The Balaban J connectivity index is 1.38. The number of carbonyl (C=O) groups is 2. The fourth-order valence-corrected chi connectivity index (χ4v) is 5.57. The zero-order valence-electron chi connectivity index (χ0n) is 19.6. The molecule has 3 unspecified atom stereocenters. The Labute approximate surface area is 197 Å². The number of imidazole rings is 1. The van der Waals surface area contributed by atoms with Gasteiger partial charge in [-0.25, -0.2) is 9.78 Å². The molecule has 2 aromatic heterocycles. The van der Waals surface area contributed by atoms with Crippen molar-refractivity contribution in [2.45, 2.75) is 65.1 Å². The summed E-state index contributed by atoms with van der Waals surface area (Å²) < 4.78 is 7.86. The monoisotopic (exact) mass is 466 g/mol. The van der Waals surface area contributed by atoms with E-state index in [2.05, 4.69) is 9.55 Å². The highest BCUT2D eigenvalue weighted by molar-refractivity contribution is 7.09. The summed E-state index contributed by atoms with van der Waals surface area (Å²) in [6.45, 7) is 8.75. The van der Waals surface area contributed by atoms with E-state index in [1.54, 1.807) is 18.3 Å². The Morgan fingerprint density at radius 2 is 2.09 bits per heavy atom. The van der Waals surface area contributed by atoms with Crippen molar-refractivity contribution in [3.8, 4) is 0 Å². The summed E-state index contributed by atoms with van der Waals surface area (Å²) in [6, 6.07) is 6.04. The van der Waals surface area contributed by atoms with Crippen LogP contribution in [0.2, 0.25) is 0 Å². The van der Waals surface area contributed by atoms with Crippen molar-refractivity contribution in [2.24, 2.45) is 11.8 Å². The fraction of sp³-hybridized carbons (Fsp3) is 0.520. The maximum atomic E-state index is 12.6. The van der Waals surface area contributed by atoms with Crippen molar-refractivity contribution in [1.82, 2.24) is 19.4 Å². The predicted molar refractivity (Wildman–Crippen MR) is 128 cm³/mol.